The molecule has 0 aromatic heterocycles. The molecule has 0 spiro atoms. The summed E-state index contributed by atoms with van der Waals surface area (Å²) in [6, 6.07) is 0. The lowest BCUT2D eigenvalue weighted by molar-refractivity contribution is 0.0595. The van der Waals surface area contributed by atoms with E-state index in [0.29, 0.717) is 4.83 Å². The Balaban J connectivity index is 2.23. The van der Waals surface area contributed by atoms with E-state index in [1.807, 2.05) is 0 Å². The Morgan fingerprint density at radius 1 is 1.56 bits per heavy atom. The highest BCUT2D eigenvalue weighted by Crippen LogP contribution is 2.21. The molecule has 1 aliphatic rings. The molecule has 1 fully saturated rings. The minimum Gasteiger partial charge on any atom is -0.380 e. The predicted molar refractivity (Wildman–Crippen MR) is 41.9 cm³/mol. The first kappa shape index (κ1) is 7.55. The largest absolute Gasteiger partial charge is 0.380 e. The smallest absolute Gasteiger partial charge is 0.0591 e. The maximum absolute atomic E-state index is 5.34. The number of hydrogen-bond donors (Lipinski definition) is 0. The Morgan fingerprint density at radius 2 is 2.33 bits per heavy atom. The van der Waals surface area contributed by atoms with Gasteiger partial charge in [0.25, 0.3) is 0 Å². The maximum Gasteiger partial charge on any atom is 0.0591 e. The van der Waals surface area contributed by atoms with Crippen LogP contribution in [0.25, 0.3) is 0 Å². The van der Waals surface area contributed by atoms with Crippen molar-refractivity contribution in [1.82, 2.24) is 0 Å². The number of hydrogen-bond acceptors (Lipinski definition) is 1. The second kappa shape index (κ2) is 3.57. The van der Waals surface area contributed by atoms with Crippen molar-refractivity contribution in [2.45, 2.75) is 24.6 Å². The summed E-state index contributed by atoms with van der Waals surface area (Å²) in [6.45, 7) is 4.09. The Kier molecular flexibility index (Phi) is 2.99. The van der Waals surface area contributed by atoms with Crippen molar-refractivity contribution < 1.29 is 4.74 Å². The molecule has 2 heteroatoms. The van der Waals surface area contributed by atoms with Crippen LogP contribution in [-0.4, -0.2) is 18.0 Å². The van der Waals surface area contributed by atoms with Gasteiger partial charge in [0.15, 0.2) is 0 Å². The molecule has 0 aliphatic carbocycles. The summed E-state index contributed by atoms with van der Waals surface area (Å²) in [4.78, 5) is 0.608. The van der Waals surface area contributed by atoms with E-state index in [9.17, 15) is 0 Å². The van der Waals surface area contributed by atoms with E-state index >= 15 is 0 Å². The first-order valence-corrected chi connectivity index (χ1v) is 4.46. The third-order valence-corrected chi connectivity index (χ3v) is 2.46. The number of rotatable bonds is 1. The Morgan fingerprint density at radius 3 is 2.78 bits per heavy atom. The van der Waals surface area contributed by atoms with Gasteiger partial charge in [-0.2, -0.15) is 0 Å². The molecule has 0 radical (unpaired) electrons. The molecule has 54 valence electrons. The Bertz CT molecular complexity index is 85.0. The summed E-state index contributed by atoms with van der Waals surface area (Å²) < 4.78 is 5.34. The van der Waals surface area contributed by atoms with Crippen LogP contribution in [0.5, 0.6) is 0 Å². The Labute approximate surface area is 64.9 Å². The minimum absolute atomic E-state index is 0.608. The third-order valence-electron chi connectivity index (χ3n) is 1.82. The van der Waals surface area contributed by atoms with Crippen LogP contribution in [0.4, 0.5) is 0 Å². The average molecular weight is 193 g/mol. The molecular formula is C7H13BrO. The van der Waals surface area contributed by atoms with Crippen LogP contribution in [0.15, 0.2) is 0 Å². The molecule has 1 nitrogen and oxygen atoms in total. The first-order valence-electron chi connectivity index (χ1n) is 3.54. The molecule has 0 saturated carbocycles. The second-order valence-corrected chi connectivity index (χ2v) is 3.94. The van der Waals surface area contributed by atoms with Crippen LogP contribution in [-0.2, 0) is 4.74 Å². The van der Waals surface area contributed by atoms with Gasteiger partial charge in [0.1, 0.15) is 0 Å². The van der Waals surface area contributed by atoms with Gasteiger partial charge in [0.05, 0.1) is 6.61 Å². The van der Waals surface area contributed by atoms with E-state index < -0.39 is 0 Å². The van der Waals surface area contributed by atoms with Crippen LogP contribution >= 0.6 is 15.9 Å². The van der Waals surface area contributed by atoms with Gasteiger partial charge in [-0.15, -0.1) is 0 Å². The van der Waals surface area contributed by atoms with Crippen LogP contribution in [0.3, 0.4) is 0 Å². The van der Waals surface area contributed by atoms with Crippen molar-refractivity contribution >= 4 is 15.9 Å². The summed E-state index contributed by atoms with van der Waals surface area (Å²) in [5.74, 6) is 0.795. The van der Waals surface area contributed by atoms with Gasteiger partial charge in [0.2, 0.25) is 0 Å². The molecule has 2 atom stereocenters. The highest BCUT2D eigenvalue weighted by Gasteiger charge is 2.18. The van der Waals surface area contributed by atoms with Crippen molar-refractivity contribution in [3.05, 3.63) is 0 Å². The fourth-order valence-electron chi connectivity index (χ4n) is 1.14. The molecule has 0 N–H and O–H groups in total. The summed E-state index contributed by atoms with van der Waals surface area (Å²) in [6.07, 6.45) is 2.54. The molecular weight excluding hydrogens is 180 g/mol. The van der Waals surface area contributed by atoms with E-state index in [2.05, 4.69) is 22.9 Å². The predicted octanol–water partition coefficient (Wildman–Crippen LogP) is 2.20. The van der Waals surface area contributed by atoms with Gasteiger partial charge in [0, 0.05) is 11.4 Å². The van der Waals surface area contributed by atoms with Gasteiger partial charge in [-0.25, -0.2) is 0 Å². The fourth-order valence-corrected chi connectivity index (χ4v) is 1.86. The lowest BCUT2D eigenvalue weighted by atomic mass is 10.00. The van der Waals surface area contributed by atoms with E-state index in [4.69, 9.17) is 4.74 Å². The monoisotopic (exact) mass is 192 g/mol. The van der Waals surface area contributed by atoms with Gasteiger partial charge < -0.3 is 4.74 Å². The minimum atomic E-state index is 0.608. The summed E-state index contributed by atoms with van der Waals surface area (Å²) >= 11 is 3.54. The quantitative estimate of drug-likeness (QED) is 0.580. The van der Waals surface area contributed by atoms with Crippen LogP contribution < -0.4 is 0 Å². The zero-order valence-corrected chi connectivity index (χ0v) is 7.36. The SMILES string of the molecule is CCC1COCC(Br)C1. The van der Waals surface area contributed by atoms with Crippen molar-refractivity contribution in [3.8, 4) is 0 Å². The molecule has 0 bridgehead atoms. The summed E-state index contributed by atoms with van der Waals surface area (Å²) in [5.41, 5.74) is 0. The van der Waals surface area contributed by atoms with Crippen LogP contribution in [0.2, 0.25) is 0 Å². The standard InChI is InChI=1S/C7H13BrO/c1-2-6-3-7(8)5-9-4-6/h6-7H,2-5H2,1H3. The highest BCUT2D eigenvalue weighted by atomic mass is 79.9. The van der Waals surface area contributed by atoms with Crippen LogP contribution in [0, 0.1) is 5.92 Å². The third kappa shape index (κ3) is 2.26. The van der Waals surface area contributed by atoms with Gasteiger partial charge in [-0.05, 0) is 12.3 Å². The van der Waals surface area contributed by atoms with E-state index in [1.165, 1.54) is 12.8 Å². The molecule has 0 amide bonds. The highest BCUT2D eigenvalue weighted by molar-refractivity contribution is 9.09. The summed E-state index contributed by atoms with van der Waals surface area (Å²) in [5, 5.41) is 0. The van der Waals surface area contributed by atoms with Gasteiger partial charge >= 0.3 is 0 Å². The lowest BCUT2D eigenvalue weighted by Gasteiger charge is -2.24. The van der Waals surface area contributed by atoms with E-state index in [-0.39, 0.29) is 0 Å². The first-order chi connectivity index (χ1) is 4.33. The van der Waals surface area contributed by atoms with Gasteiger partial charge in [-0.3, -0.25) is 0 Å². The number of ether oxygens (including phenoxy) is 1. The molecule has 1 rings (SSSR count). The molecule has 1 aliphatic heterocycles. The Hall–Kier alpha value is 0.440. The number of halogens is 1. The van der Waals surface area contributed by atoms with Crippen molar-refractivity contribution in [3.63, 3.8) is 0 Å². The average Bonchev–Trinajstić information content (AvgIpc) is 1.88. The zero-order chi connectivity index (χ0) is 6.69. The number of alkyl halides is 1. The zero-order valence-electron chi connectivity index (χ0n) is 5.77. The van der Waals surface area contributed by atoms with E-state index in [0.717, 1.165) is 19.1 Å². The molecule has 2 unspecified atom stereocenters. The second-order valence-electron chi connectivity index (χ2n) is 2.64. The van der Waals surface area contributed by atoms with E-state index in [1.54, 1.807) is 0 Å². The molecule has 1 saturated heterocycles. The molecule has 9 heavy (non-hydrogen) atoms. The van der Waals surface area contributed by atoms with Crippen molar-refractivity contribution in [1.29, 1.82) is 0 Å². The molecule has 0 aromatic carbocycles. The topological polar surface area (TPSA) is 9.23 Å². The molecule has 1 heterocycles. The van der Waals surface area contributed by atoms with Gasteiger partial charge in [-0.1, -0.05) is 29.3 Å². The molecule has 0 aromatic rings. The fraction of sp³-hybridized carbons (Fsp3) is 1.00. The lowest BCUT2D eigenvalue weighted by Crippen LogP contribution is -2.24. The van der Waals surface area contributed by atoms with Crippen LogP contribution in [0.1, 0.15) is 19.8 Å². The summed E-state index contributed by atoms with van der Waals surface area (Å²) in [7, 11) is 0. The van der Waals surface area contributed by atoms with Crippen molar-refractivity contribution in [2.75, 3.05) is 13.2 Å². The normalized spacial score (nSPS) is 36.7. The van der Waals surface area contributed by atoms with Crippen molar-refractivity contribution in [2.24, 2.45) is 5.92 Å². The maximum atomic E-state index is 5.34.